The summed E-state index contributed by atoms with van der Waals surface area (Å²) >= 11 is 0. The largest absolute Gasteiger partial charge is 0.497 e. The molecular weight excluding hydrogens is 398 g/mol. The molecule has 0 aliphatic carbocycles. The summed E-state index contributed by atoms with van der Waals surface area (Å²) in [6.45, 7) is 0.384. The number of carbonyl (C=O) groups excluding carboxylic acids is 2. The topological polar surface area (TPSA) is 122 Å². The van der Waals surface area contributed by atoms with Crippen molar-refractivity contribution in [2.75, 3.05) is 19.0 Å². The van der Waals surface area contributed by atoms with Gasteiger partial charge in [0.15, 0.2) is 5.82 Å². The molecule has 0 fully saturated rings. The van der Waals surface area contributed by atoms with Gasteiger partial charge in [-0.3, -0.25) is 9.59 Å². The maximum absolute atomic E-state index is 12.3. The van der Waals surface area contributed by atoms with Crippen LogP contribution in [0.25, 0.3) is 10.9 Å². The van der Waals surface area contributed by atoms with E-state index < -0.39 is 5.91 Å². The first kappa shape index (κ1) is 20.1. The van der Waals surface area contributed by atoms with E-state index in [1.165, 1.54) is 0 Å². The molecule has 0 atom stereocenters. The number of anilines is 1. The Morgan fingerprint density at radius 3 is 2.81 bits per heavy atom. The van der Waals surface area contributed by atoms with Crippen molar-refractivity contribution in [3.05, 3.63) is 72.0 Å². The normalized spacial score (nSPS) is 10.7. The summed E-state index contributed by atoms with van der Waals surface area (Å²) < 4.78 is 10.3. The predicted molar refractivity (Wildman–Crippen MR) is 114 cm³/mol. The summed E-state index contributed by atoms with van der Waals surface area (Å²) in [4.78, 5) is 31.6. The Hall–Kier alpha value is -4.14. The number of aromatic amines is 1. The zero-order valence-corrected chi connectivity index (χ0v) is 16.8. The first-order valence-electron chi connectivity index (χ1n) is 9.72. The van der Waals surface area contributed by atoms with Gasteiger partial charge in [0.1, 0.15) is 5.75 Å². The van der Waals surface area contributed by atoms with Crippen LogP contribution in [0, 0.1) is 0 Å². The molecule has 9 nitrogen and oxygen atoms in total. The first-order valence-corrected chi connectivity index (χ1v) is 9.72. The predicted octanol–water partition coefficient (Wildman–Crippen LogP) is 2.71. The number of para-hydroxylation sites is 1. The second-order valence-corrected chi connectivity index (χ2v) is 6.84. The third-order valence-corrected chi connectivity index (χ3v) is 4.69. The van der Waals surface area contributed by atoms with Crippen molar-refractivity contribution >= 4 is 28.4 Å². The fourth-order valence-corrected chi connectivity index (χ4v) is 3.17. The Balaban J connectivity index is 1.30. The van der Waals surface area contributed by atoms with E-state index in [1.54, 1.807) is 19.2 Å². The number of methoxy groups -OCH3 is 1. The lowest BCUT2D eigenvalue weighted by Gasteiger charge is -2.03. The van der Waals surface area contributed by atoms with Gasteiger partial charge in [0.25, 0.3) is 0 Å². The number of nitrogens with one attached hydrogen (secondary N) is 3. The van der Waals surface area contributed by atoms with Crippen LogP contribution >= 0.6 is 0 Å². The van der Waals surface area contributed by atoms with Crippen molar-refractivity contribution in [3.63, 3.8) is 0 Å². The molecule has 158 valence electrons. The SMILES string of the molecule is COc1ccc2[nH]cc(CCNC(=O)c3nc(CC(=O)Nc4ccccc4)no3)c2c1. The summed E-state index contributed by atoms with van der Waals surface area (Å²) in [5.74, 6) is -0.0501. The van der Waals surface area contributed by atoms with Crippen molar-refractivity contribution in [3.8, 4) is 5.75 Å². The highest BCUT2D eigenvalue weighted by molar-refractivity contribution is 5.92. The molecule has 31 heavy (non-hydrogen) atoms. The Bertz CT molecular complexity index is 1200. The van der Waals surface area contributed by atoms with Gasteiger partial charge in [0, 0.05) is 29.3 Å². The highest BCUT2D eigenvalue weighted by Crippen LogP contribution is 2.23. The monoisotopic (exact) mass is 419 g/mol. The number of benzene rings is 2. The number of amides is 2. The van der Waals surface area contributed by atoms with Crippen molar-refractivity contribution < 1.29 is 18.8 Å². The third-order valence-electron chi connectivity index (χ3n) is 4.69. The fraction of sp³-hybridized carbons (Fsp3) is 0.182. The lowest BCUT2D eigenvalue weighted by atomic mass is 10.1. The van der Waals surface area contributed by atoms with Crippen molar-refractivity contribution in [1.29, 1.82) is 0 Å². The molecule has 0 aliphatic heterocycles. The lowest BCUT2D eigenvalue weighted by molar-refractivity contribution is -0.115. The molecule has 0 aliphatic rings. The molecule has 0 bridgehead atoms. The van der Waals surface area contributed by atoms with Crippen LogP contribution in [-0.2, 0) is 17.6 Å². The summed E-state index contributed by atoms with van der Waals surface area (Å²) in [6, 6.07) is 14.8. The van der Waals surface area contributed by atoms with E-state index in [4.69, 9.17) is 9.26 Å². The minimum Gasteiger partial charge on any atom is -0.497 e. The molecular formula is C22H21N5O4. The molecule has 0 unspecified atom stereocenters. The zero-order chi connectivity index (χ0) is 21.6. The van der Waals surface area contributed by atoms with Gasteiger partial charge < -0.3 is 24.9 Å². The number of carbonyl (C=O) groups is 2. The quantitative estimate of drug-likeness (QED) is 0.404. The molecule has 4 rings (SSSR count). The molecule has 9 heteroatoms. The number of hydrogen-bond acceptors (Lipinski definition) is 6. The minimum absolute atomic E-state index is 0.0944. The van der Waals surface area contributed by atoms with Gasteiger partial charge in [-0.2, -0.15) is 4.98 Å². The second kappa shape index (κ2) is 9.12. The number of nitrogens with zero attached hydrogens (tertiary/aromatic N) is 2. The molecule has 4 aromatic rings. The zero-order valence-electron chi connectivity index (χ0n) is 16.8. The van der Waals surface area contributed by atoms with Gasteiger partial charge in [0.05, 0.1) is 13.5 Å². The van der Waals surface area contributed by atoms with Gasteiger partial charge in [0.2, 0.25) is 5.91 Å². The van der Waals surface area contributed by atoms with Gasteiger partial charge in [-0.15, -0.1) is 0 Å². The summed E-state index contributed by atoms with van der Waals surface area (Å²) in [5.41, 5.74) is 2.72. The Labute approximate surface area is 177 Å². The van der Waals surface area contributed by atoms with E-state index in [1.807, 2.05) is 42.6 Å². The fourth-order valence-electron chi connectivity index (χ4n) is 3.17. The van der Waals surface area contributed by atoms with Crippen LogP contribution in [0.3, 0.4) is 0 Å². The maximum atomic E-state index is 12.3. The van der Waals surface area contributed by atoms with E-state index in [9.17, 15) is 9.59 Å². The summed E-state index contributed by atoms with van der Waals surface area (Å²) in [6.07, 6.45) is 2.43. The van der Waals surface area contributed by atoms with Gasteiger partial charge in [-0.1, -0.05) is 23.4 Å². The lowest BCUT2D eigenvalue weighted by Crippen LogP contribution is -2.26. The Morgan fingerprint density at radius 2 is 2.00 bits per heavy atom. The second-order valence-electron chi connectivity index (χ2n) is 6.84. The average Bonchev–Trinajstić information content (AvgIpc) is 3.41. The molecule has 2 heterocycles. The Morgan fingerprint density at radius 1 is 1.16 bits per heavy atom. The number of H-pyrrole nitrogens is 1. The number of ether oxygens (including phenoxy) is 1. The molecule has 0 radical (unpaired) electrons. The minimum atomic E-state index is -0.486. The van der Waals surface area contributed by atoms with E-state index >= 15 is 0 Å². The van der Waals surface area contributed by atoms with Crippen LogP contribution < -0.4 is 15.4 Å². The molecule has 2 amide bonds. The van der Waals surface area contributed by atoms with Crippen LogP contribution in [0.15, 0.2) is 59.3 Å². The first-order chi connectivity index (χ1) is 15.1. The highest BCUT2D eigenvalue weighted by Gasteiger charge is 2.17. The van der Waals surface area contributed by atoms with Crippen molar-refractivity contribution in [2.45, 2.75) is 12.8 Å². The molecule has 2 aromatic carbocycles. The average molecular weight is 419 g/mol. The number of fused-ring (bicyclic) bond motifs is 1. The molecule has 3 N–H and O–H groups in total. The van der Waals surface area contributed by atoms with Crippen LogP contribution in [0.1, 0.15) is 22.1 Å². The molecule has 0 spiro atoms. The standard InChI is InChI=1S/C22H21N5O4/c1-30-16-7-8-18-17(11-16)14(13-24-18)9-10-23-21(29)22-26-19(27-31-22)12-20(28)25-15-5-3-2-4-6-15/h2-8,11,13,24H,9-10,12H2,1H3,(H,23,29)(H,25,28). The molecule has 2 aromatic heterocycles. The van der Waals surface area contributed by atoms with Crippen molar-refractivity contribution in [1.82, 2.24) is 20.4 Å². The number of rotatable bonds is 8. The maximum Gasteiger partial charge on any atom is 0.315 e. The van der Waals surface area contributed by atoms with E-state index in [-0.39, 0.29) is 24.0 Å². The smallest absolute Gasteiger partial charge is 0.315 e. The van der Waals surface area contributed by atoms with Gasteiger partial charge in [-0.25, -0.2) is 0 Å². The third kappa shape index (κ3) is 4.89. The molecule has 0 saturated heterocycles. The van der Waals surface area contributed by atoms with Gasteiger partial charge in [-0.05, 0) is 42.3 Å². The van der Waals surface area contributed by atoms with E-state index in [0.29, 0.717) is 18.7 Å². The van der Waals surface area contributed by atoms with Crippen LogP contribution in [-0.4, -0.2) is 40.6 Å². The van der Waals surface area contributed by atoms with Crippen LogP contribution in [0.2, 0.25) is 0 Å². The number of hydrogen-bond donors (Lipinski definition) is 3. The van der Waals surface area contributed by atoms with Crippen LogP contribution in [0.5, 0.6) is 5.75 Å². The van der Waals surface area contributed by atoms with Crippen LogP contribution in [0.4, 0.5) is 5.69 Å². The van der Waals surface area contributed by atoms with E-state index in [2.05, 4.69) is 25.8 Å². The van der Waals surface area contributed by atoms with Gasteiger partial charge >= 0.3 is 11.8 Å². The van der Waals surface area contributed by atoms with Crippen molar-refractivity contribution in [2.24, 2.45) is 0 Å². The van der Waals surface area contributed by atoms with E-state index in [0.717, 1.165) is 22.2 Å². The highest BCUT2D eigenvalue weighted by atomic mass is 16.5. The summed E-state index contributed by atoms with van der Waals surface area (Å²) in [5, 5.41) is 10.2. The summed E-state index contributed by atoms with van der Waals surface area (Å²) in [7, 11) is 1.62. The number of aromatic nitrogens is 3. The Kier molecular flexibility index (Phi) is 5.93. The molecule has 0 saturated carbocycles.